The van der Waals surface area contributed by atoms with Crippen LogP contribution in [0.2, 0.25) is 0 Å². The highest BCUT2D eigenvalue weighted by Crippen LogP contribution is 2.09. The van der Waals surface area contributed by atoms with Crippen LogP contribution in [-0.4, -0.2) is 47.7 Å². The van der Waals surface area contributed by atoms with Crippen LogP contribution in [0.15, 0.2) is 6.07 Å². The molecule has 18 heavy (non-hydrogen) atoms. The van der Waals surface area contributed by atoms with E-state index in [0.29, 0.717) is 0 Å². The highest BCUT2D eigenvalue weighted by molar-refractivity contribution is 5.35. The van der Waals surface area contributed by atoms with Crippen molar-refractivity contribution in [3.05, 3.63) is 17.6 Å². The summed E-state index contributed by atoms with van der Waals surface area (Å²) in [5.41, 5.74) is 1.02. The van der Waals surface area contributed by atoms with E-state index < -0.39 is 0 Å². The fourth-order valence-electron chi connectivity index (χ4n) is 2.13. The number of nitrogens with one attached hydrogen (secondary N) is 1. The molecule has 5 nitrogen and oxygen atoms in total. The second-order valence-corrected chi connectivity index (χ2v) is 4.58. The molecule has 0 aromatic carbocycles. The topological polar surface area (TPSA) is 50.3 Å². The fourth-order valence-corrected chi connectivity index (χ4v) is 2.13. The van der Waals surface area contributed by atoms with E-state index in [1.807, 2.05) is 13.0 Å². The predicted molar refractivity (Wildman–Crippen MR) is 71.6 cm³/mol. The van der Waals surface area contributed by atoms with Gasteiger partial charge in [0.25, 0.3) is 0 Å². The Balaban J connectivity index is 2.02. The first-order chi connectivity index (χ1) is 8.78. The summed E-state index contributed by atoms with van der Waals surface area (Å²) in [6.45, 7) is 9.49. The Kier molecular flexibility index (Phi) is 4.90. The van der Waals surface area contributed by atoms with Gasteiger partial charge in [0.1, 0.15) is 11.6 Å². The van der Waals surface area contributed by atoms with E-state index in [1.165, 1.54) is 0 Å². The maximum Gasteiger partial charge on any atom is 0.144 e. The van der Waals surface area contributed by atoms with Crippen molar-refractivity contribution in [2.45, 2.75) is 26.8 Å². The SMILES string of the molecule is CCNc1cc(C)nc(CN2CCCOCC2)n1. The molecular formula is C13H22N4O. The lowest BCUT2D eigenvalue weighted by Gasteiger charge is -2.18. The lowest BCUT2D eigenvalue weighted by atomic mass is 10.3. The molecule has 0 unspecified atom stereocenters. The molecule has 1 N–H and O–H groups in total. The molecule has 1 aliphatic heterocycles. The lowest BCUT2D eigenvalue weighted by Crippen LogP contribution is -2.27. The minimum Gasteiger partial charge on any atom is -0.380 e. The second-order valence-electron chi connectivity index (χ2n) is 4.58. The zero-order valence-corrected chi connectivity index (χ0v) is 11.3. The fraction of sp³-hybridized carbons (Fsp3) is 0.692. The molecule has 0 radical (unpaired) electrons. The summed E-state index contributed by atoms with van der Waals surface area (Å²) >= 11 is 0. The summed E-state index contributed by atoms with van der Waals surface area (Å²) in [7, 11) is 0. The summed E-state index contributed by atoms with van der Waals surface area (Å²) in [6, 6.07) is 1.98. The first-order valence-electron chi connectivity index (χ1n) is 6.66. The van der Waals surface area contributed by atoms with E-state index in [9.17, 15) is 0 Å². The molecule has 0 bridgehead atoms. The van der Waals surface area contributed by atoms with Gasteiger partial charge in [-0.2, -0.15) is 0 Å². The van der Waals surface area contributed by atoms with Crippen molar-refractivity contribution in [3.8, 4) is 0 Å². The number of rotatable bonds is 4. The average Bonchev–Trinajstić information content (AvgIpc) is 2.57. The van der Waals surface area contributed by atoms with E-state index in [0.717, 1.165) is 63.1 Å². The van der Waals surface area contributed by atoms with Crippen LogP contribution >= 0.6 is 0 Å². The van der Waals surface area contributed by atoms with Crippen molar-refractivity contribution in [1.82, 2.24) is 14.9 Å². The molecule has 0 aliphatic carbocycles. The summed E-state index contributed by atoms with van der Waals surface area (Å²) in [5.74, 6) is 1.82. The molecule has 0 atom stereocenters. The van der Waals surface area contributed by atoms with Crippen LogP contribution in [-0.2, 0) is 11.3 Å². The number of ether oxygens (including phenoxy) is 1. The molecule has 1 aromatic heterocycles. The Morgan fingerprint density at radius 1 is 1.33 bits per heavy atom. The zero-order valence-electron chi connectivity index (χ0n) is 11.3. The van der Waals surface area contributed by atoms with Gasteiger partial charge in [0, 0.05) is 38.0 Å². The van der Waals surface area contributed by atoms with E-state index in [2.05, 4.69) is 27.1 Å². The number of aryl methyl sites for hydroxylation is 1. The van der Waals surface area contributed by atoms with Crippen LogP contribution < -0.4 is 5.32 Å². The highest BCUT2D eigenvalue weighted by Gasteiger charge is 2.11. The molecule has 1 aliphatic rings. The third kappa shape index (κ3) is 3.92. The Hall–Kier alpha value is -1.20. The van der Waals surface area contributed by atoms with Crippen molar-refractivity contribution in [1.29, 1.82) is 0 Å². The van der Waals surface area contributed by atoms with Crippen LogP contribution in [0.4, 0.5) is 5.82 Å². The first-order valence-corrected chi connectivity index (χ1v) is 6.66. The van der Waals surface area contributed by atoms with Crippen LogP contribution in [0.3, 0.4) is 0 Å². The van der Waals surface area contributed by atoms with Gasteiger partial charge in [-0.3, -0.25) is 4.90 Å². The van der Waals surface area contributed by atoms with Crippen molar-refractivity contribution in [3.63, 3.8) is 0 Å². The Morgan fingerprint density at radius 3 is 3.06 bits per heavy atom. The molecular weight excluding hydrogens is 228 g/mol. The number of nitrogens with zero attached hydrogens (tertiary/aromatic N) is 3. The van der Waals surface area contributed by atoms with Crippen molar-refractivity contribution < 1.29 is 4.74 Å². The molecule has 0 spiro atoms. The van der Waals surface area contributed by atoms with Gasteiger partial charge in [-0.05, 0) is 20.3 Å². The molecule has 5 heteroatoms. The monoisotopic (exact) mass is 250 g/mol. The minimum absolute atomic E-state index is 0.809. The van der Waals surface area contributed by atoms with Crippen LogP contribution in [0.1, 0.15) is 24.9 Å². The molecule has 1 aromatic rings. The quantitative estimate of drug-likeness (QED) is 0.876. The first kappa shape index (κ1) is 13.2. The zero-order chi connectivity index (χ0) is 12.8. The summed E-state index contributed by atoms with van der Waals surface area (Å²) in [5, 5.41) is 3.24. The number of aromatic nitrogens is 2. The third-order valence-electron chi connectivity index (χ3n) is 2.94. The van der Waals surface area contributed by atoms with Crippen molar-refractivity contribution in [2.75, 3.05) is 38.2 Å². The maximum absolute atomic E-state index is 5.45. The van der Waals surface area contributed by atoms with E-state index in [-0.39, 0.29) is 0 Å². The summed E-state index contributed by atoms with van der Waals surface area (Å²) in [6.07, 6.45) is 1.09. The Morgan fingerprint density at radius 2 is 2.22 bits per heavy atom. The highest BCUT2D eigenvalue weighted by atomic mass is 16.5. The lowest BCUT2D eigenvalue weighted by molar-refractivity contribution is 0.140. The van der Waals surface area contributed by atoms with Gasteiger partial charge in [-0.15, -0.1) is 0 Å². The van der Waals surface area contributed by atoms with Gasteiger partial charge >= 0.3 is 0 Å². The van der Waals surface area contributed by atoms with Gasteiger partial charge in [0.2, 0.25) is 0 Å². The van der Waals surface area contributed by atoms with Crippen molar-refractivity contribution >= 4 is 5.82 Å². The minimum atomic E-state index is 0.809. The van der Waals surface area contributed by atoms with E-state index in [1.54, 1.807) is 0 Å². The molecule has 2 rings (SSSR count). The third-order valence-corrected chi connectivity index (χ3v) is 2.94. The molecule has 1 fully saturated rings. The largest absolute Gasteiger partial charge is 0.380 e. The maximum atomic E-state index is 5.45. The molecule has 2 heterocycles. The van der Waals surface area contributed by atoms with Gasteiger partial charge in [-0.1, -0.05) is 0 Å². The van der Waals surface area contributed by atoms with E-state index in [4.69, 9.17) is 4.74 Å². The van der Waals surface area contributed by atoms with Gasteiger partial charge < -0.3 is 10.1 Å². The van der Waals surface area contributed by atoms with Crippen LogP contribution in [0, 0.1) is 6.92 Å². The molecule has 0 saturated carbocycles. The number of hydrogen-bond acceptors (Lipinski definition) is 5. The van der Waals surface area contributed by atoms with Crippen molar-refractivity contribution in [2.24, 2.45) is 0 Å². The number of anilines is 1. The van der Waals surface area contributed by atoms with Crippen LogP contribution in [0.25, 0.3) is 0 Å². The second kappa shape index (κ2) is 6.66. The van der Waals surface area contributed by atoms with E-state index >= 15 is 0 Å². The smallest absolute Gasteiger partial charge is 0.144 e. The molecule has 0 amide bonds. The van der Waals surface area contributed by atoms with Gasteiger partial charge in [0.15, 0.2) is 0 Å². The Labute approximate surface area is 109 Å². The summed E-state index contributed by atoms with van der Waals surface area (Å²) in [4.78, 5) is 11.4. The Bertz CT molecular complexity index is 375. The predicted octanol–water partition coefficient (Wildman–Crippen LogP) is 1.44. The standard InChI is InChI=1S/C13H22N4O/c1-3-14-12-9-11(2)15-13(16-12)10-17-5-4-7-18-8-6-17/h9H,3-8,10H2,1-2H3,(H,14,15,16). The van der Waals surface area contributed by atoms with Gasteiger partial charge in [0.05, 0.1) is 13.2 Å². The normalized spacial score (nSPS) is 17.4. The molecule has 1 saturated heterocycles. The molecule has 100 valence electrons. The van der Waals surface area contributed by atoms with Gasteiger partial charge in [-0.25, -0.2) is 9.97 Å². The average molecular weight is 250 g/mol. The van der Waals surface area contributed by atoms with Crippen LogP contribution in [0.5, 0.6) is 0 Å². The number of hydrogen-bond donors (Lipinski definition) is 1. The summed E-state index contributed by atoms with van der Waals surface area (Å²) < 4.78 is 5.45.